The number of hydrogen-bond donors (Lipinski definition) is 1. The largest absolute Gasteiger partial charge is 0.324 e. The summed E-state index contributed by atoms with van der Waals surface area (Å²) in [5, 5.41) is 0.138. The van der Waals surface area contributed by atoms with Gasteiger partial charge in [-0.3, -0.25) is 0 Å². The average Bonchev–Trinajstić information content (AvgIpc) is 2.33. The van der Waals surface area contributed by atoms with Crippen molar-refractivity contribution in [3.63, 3.8) is 0 Å². The van der Waals surface area contributed by atoms with Gasteiger partial charge in [0.25, 0.3) is 0 Å². The van der Waals surface area contributed by atoms with Gasteiger partial charge in [-0.05, 0) is 35.7 Å². The Hall–Kier alpha value is -1.38. The van der Waals surface area contributed by atoms with E-state index in [4.69, 9.17) is 17.3 Å². The summed E-state index contributed by atoms with van der Waals surface area (Å²) in [7, 11) is 0. The van der Waals surface area contributed by atoms with E-state index in [1.165, 1.54) is 6.07 Å². The lowest BCUT2D eigenvalue weighted by molar-refractivity contribution is 0.628. The first kappa shape index (κ1) is 12.1. The Morgan fingerprint density at radius 1 is 1.06 bits per heavy atom. The molecule has 2 aromatic carbocycles. The molecule has 2 N–H and O–H groups in total. The quantitative estimate of drug-likeness (QED) is 0.850. The van der Waals surface area contributed by atoms with E-state index in [0.29, 0.717) is 0 Å². The first-order valence-electron chi connectivity index (χ1n) is 5.39. The Labute approximate surface area is 105 Å². The SMILES string of the molecule is CC(N)c1ccc(-c2ccc(F)c(Cl)c2)cc1. The number of benzene rings is 2. The third kappa shape index (κ3) is 2.65. The van der Waals surface area contributed by atoms with Crippen LogP contribution in [0.25, 0.3) is 11.1 Å². The van der Waals surface area contributed by atoms with Crippen LogP contribution in [0.4, 0.5) is 4.39 Å². The van der Waals surface area contributed by atoms with E-state index in [1.807, 2.05) is 31.2 Å². The minimum atomic E-state index is -0.400. The number of hydrogen-bond acceptors (Lipinski definition) is 1. The fourth-order valence-corrected chi connectivity index (χ4v) is 1.84. The molecule has 0 aliphatic heterocycles. The first-order valence-corrected chi connectivity index (χ1v) is 5.76. The van der Waals surface area contributed by atoms with Gasteiger partial charge in [0.15, 0.2) is 0 Å². The molecule has 0 amide bonds. The summed E-state index contributed by atoms with van der Waals surface area (Å²) >= 11 is 5.75. The summed E-state index contributed by atoms with van der Waals surface area (Å²) in [6, 6.07) is 12.6. The molecule has 0 aromatic heterocycles. The molecule has 1 unspecified atom stereocenters. The molecule has 0 fully saturated rings. The molecular weight excluding hydrogens is 237 g/mol. The van der Waals surface area contributed by atoms with Gasteiger partial charge in [-0.15, -0.1) is 0 Å². The molecule has 0 bridgehead atoms. The zero-order chi connectivity index (χ0) is 12.4. The maximum atomic E-state index is 13.0. The molecule has 1 nitrogen and oxygen atoms in total. The molecule has 3 heteroatoms. The van der Waals surface area contributed by atoms with Gasteiger partial charge in [-0.25, -0.2) is 4.39 Å². The molecule has 1 atom stereocenters. The van der Waals surface area contributed by atoms with E-state index in [1.54, 1.807) is 12.1 Å². The van der Waals surface area contributed by atoms with Crippen LogP contribution in [-0.4, -0.2) is 0 Å². The van der Waals surface area contributed by atoms with Crippen LogP contribution < -0.4 is 5.73 Å². The van der Waals surface area contributed by atoms with Crippen LogP contribution in [0.3, 0.4) is 0 Å². The summed E-state index contributed by atoms with van der Waals surface area (Å²) in [5.74, 6) is -0.400. The standard InChI is InChI=1S/C14H13ClFN/c1-9(17)10-2-4-11(5-3-10)12-6-7-14(16)13(15)8-12/h2-9H,17H2,1H3. The van der Waals surface area contributed by atoms with Crippen LogP contribution in [0.5, 0.6) is 0 Å². The van der Waals surface area contributed by atoms with Gasteiger partial charge in [0.1, 0.15) is 5.82 Å². The number of nitrogens with two attached hydrogens (primary N) is 1. The fourth-order valence-electron chi connectivity index (χ4n) is 1.65. The molecule has 17 heavy (non-hydrogen) atoms. The van der Waals surface area contributed by atoms with E-state index in [9.17, 15) is 4.39 Å². The van der Waals surface area contributed by atoms with Crippen molar-refractivity contribution in [2.24, 2.45) is 5.73 Å². The Bertz CT molecular complexity index is 520. The van der Waals surface area contributed by atoms with Crippen molar-refractivity contribution in [1.29, 1.82) is 0 Å². The lowest BCUT2D eigenvalue weighted by Gasteiger charge is -2.07. The number of halogens is 2. The zero-order valence-corrected chi connectivity index (χ0v) is 10.2. The van der Waals surface area contributed by atoms with Gasteiger partial charge in [0.2, 0.25) is 0 Å². The minimum Gasteiger partial charge on any atom is -0.324 e. The summed E-state index contributed by atoms with van der Waals surface area (Å²) < 4.78 is 13.0. The van der Waals surface area contributed by atoms with Gasteiger partial charge in [-0.2, -0.15) is 0 Å². The zero-order valence-electron chi connectivity index (χ0n) is 9.45. The third-order valence-electron chi connectivity index (χ3n) is 2.69. The molecule has 0 saturated carbocycles. The van der Waals surface area contributed by atoms with E-state index in [2.05, 4.69) is 0 Å². The van der Waals surface area contributed by atoms with E-state index < -0.39 is 5.82 Å². The maximum Gasteiger partial charge on any atom is 0.141 e. The normalized spacial score (nSPS) is 12.5. The van der Waals surface area contributed by atoms with Crippen molar-refractivity contribution in [3.8, 4) is 11.1 Å². The van der Waals surface area contributed by atoms with Crippen LogP contribution in [-0.2, 0) is 0 Å². The smallest absolute Gasteiger partial charge is 0.141 e. The second-order valence-corrected chi connectivity index (χ2v) is 4.45. The van der Waals surface area contributed by atoms with Crippen molar-refractivity contribution >= 4 is 11.6 Å². The van der Waals surface area contributed by atoms with Crippen LogP contribution in [0.1, 0.15) is 18.5 Å². The van der Waals surface area contributed by atoms with Gasteiger partial charge in [0.05, 0.1) is 5.02 Å². The Morgan fingerprint density at radius 2 is 1.65 bits per heavy atom. The van der Waals surface area contributed by atoms with E-state index in [-0.39, 0.29) is 11.1 Å². The number of rotatable bonds is 2. The summed E-state index contributed by atoms with van der Waals surface area (Å²) in [4.78, 5) is 0. The third-order valence-corrected chi connectivity index (χ3v) is 2.98. The summed E-state index contributed by atoms with van der Waals surface area (Å²) in [6.07, 6.45) is 0. The molecule has 0 aliphatic carbocycles. The highest BCUT2D eigenvalue weighted by molar-refractivity contribution is 6.31. The van der Waals surface area contributed by atoms with Crippen LogP contribution >= 0.6 is 11.6 Å². The van der Waals surface area contributed by atoms with Crippen molar-refractivity contribution < 1.29 is 4.39 Å². The second kappa shape index (κ2) is 4.86. The molecule has 0 spiro atoms. The lowest BCUT2D eigenvalue weighted by atomic mass is 10.0. The minimum absolute atomic E-state index is 0.0147. The Balaban J connectivity index is 2.36. The van der Waals surface area contributed by atoms with Crippen LogP contribution in [0.2, 0.25) is 5.02 Å². The first-order chi connectivity index (χ1) is 8.08. The molecule has 0 aliphatic rings. The molecule has 0 radical (unpaired) electrons. The van der Waals surface area contributed by atoms with Crippen molar-refractivity contribution in [2.75, 3.05) is 0 Å². The lowest BCUT2D eigenvalue weighted by Crippen LogP contribution is -2.04. The molecule has 2 aromatic rings. The van der Waals surface area contributed by atoms with Gasteiger partial charge < -0.3 is 5.73 Å². The van der Waals surface area contributed by atoms with Crippen molar-refractivity contribution in [1.82, 2.24) is 0 Å². The topological polar surface area (TPSA) is 26.0 Å². The highest BCUT2D eigenvalue weighted by Crippen LogP contribution is 2.25. The second-order valence-electron chi connectivity index (χ2n) is 4.04. The Kier molecular flexibility index (Phi) is 3.46. The van der Waals surface area contributed by atoms with Crippen LogP contribution in [0, 0.1) is 5.82 Å². The van der Waals surface area contributed by atoms with Crippen molar-refractivity contribution in [3.05, 3.63) is 58.9 Å². The molecule has 2 rings (SSSR count). The molecule has 88 valence electrons. The van der Waals surface area contributed by atoms with E-state index >= 15 is 0 Å². The maximum absolute atomic E-state index is 13.0. The average molecular weight is 250 g/mol. The van der Waals surface area contributed by atoms with E-state index in [0.717, 1.165) is 16.7 Å². The predicted molar refractivity (Wildman–Crippen MR) is 69.4 cm³/mol. The van der Waals surface area contributed by atoms with Gasteiger partial charge >= 0.3 is 0 Å². The van der Waals surface area contributed by atoms with Gasteiger partial charge in [-0.1, -0.05) is 41.9 Å². The van der Waals surface area contributed by atoms with Crippen molar-refractivity contribution in [2.45, 2.75) is 13.0 Å². The summed E-state index contributed by atoms with van der Waals surface area (Å²) in [6.45, 7) is 1.93. The Morgan fingerprint density at radius 3 is 2.18 bits per heavy atom. The highest BCUT2D eigenvalue weighted by atomic mass is 35.5. The predicted octanol–water partition coefficient (Wildman–Crippen LogP) is 4.17. The molecular formula is C14H13ClFN. The highest BCUT2D eigenvalue weighted by Gasteiger charge is 2.04. The fraction of sp³-hybridized carbons (Fsp3) is 0.143. The van der Waals surface area contributed by atoms with Gasteiger partial charge in [0, 0.05) is 6.04 Å². The van der Waals surface area contributed by atoms with Crippen LogP contribution in [0.15, 0.2) is 42.5 Å². The molecule has 0 saturated heterocycles. The monoisotopic (exact) mass is 249 g/mol. The molecule has 0 heterocycles. The summed E-state index contributed by atoms with van der Waals surface area (Å²) in [5.41, 5.74) is 8.74.